The normalized spacial score (nSPS) is 13.8. The fourth-order valence-corrected chi connectivity index (χ4v) is 3.75. The van der Waals surface area contributed by atoms with Gasteiger partial charge in [-0.1, -0.05) is 20.8 Å². The zero-order valence-corrected chi connectivity index (χ0v) is 12.0. The average molecular weight is 292 g/mol. The molecular weight excluding hydrogens is 276 g/mol. The molecule has 1 aromatic heterocycles. The zero-order valence-electron chi connectivity index (χ0n) is 10.4. The molecule has 0 radical (unpaired) electrons. The van der Waals surface area contributed by atoms with Gasteiger partial charge < -0.3 is 5.11 Å². The van der Waals surface area contributed by atoms with Crippen molar-refractivity contribution in [2.75, 3.05) is 0 Å². The third-order valence-corrected chi connectivity index (χ3v) is 5.36. The third kappa shape index (κ3) is 3.50. The summed E-state index contributed by atoms with van der Waals surface area (Å²) in [6, 6.07) is -1.14. The number of rotatable bonds is 6. The van der Waals surface area contributed by atoms with Gasteiger partial charge in [-0.25, -0.2) is 13.4 Å². The van der Waals surface area contributed by atoms with Gasteiger partial charge in [-0.05, 0) is 12.3 Å². The molecule has 6 nitrogen and oxygen atoms in total. The maximum Gasteiger partial charge on any atom is 0.322 e. The molecule has 0 bridgehead atoms. The highest BCUT2D eigenvalue weighted by molar-refractivity contribution is 7.91. The number of thiazole rings is 1. The lowest BCUT2D eigenvalue weighted by atomic mass is 10.1. The summed E-state index contributed by atoms with van der Waals surface area (Å²) in [5.74, 6) is -1.52. The molecule has 102 valence electrons. The number of nitrogens with zero attached hydrogens (tertiary/aromatic N) is 1. The van der Waals surface area contributed by atoms with Crippen molar-refractivity contribution in [1.29, 1.82) is 0 Å². The summed E-state index contributed by atoms with van der Waals surface area (Å²) in [4.78, 5) is 14.9. The number of carbonyl (C=O) groups is 1. The van der Waals surface area contributed by atoms with Crippen LogP contribution in [0.4, 0.5) is 0 Å². The minimum atomic E-state index is -3.81. The Balaban J connectivity index is 2.96. The Morgan fingerprint density at radius 3 is 2.56 bits per heavy atom. The monoisotopic (exact) mass is 292 g/mol. The summed E-state index contributed by atoms with van der Waals surface area (Å²) >= 11 is 1.05. The number of sulfonamides is 1. The van der Waals surface area contributed by atoms with Crippen LogP contribution in [0.1, 0.15) is 25.8 Å². The van der Waals surface area contributed by atoms with E-state index >= 15 is 0 Å². The Morgan fingerprint density at radius 1 is 1.56 bits per heavy atom. The van der Waals surface area contributed by atoms with Gasteiger partial charge in [0.25, 0.3) is 10.0 Å². The molecule has 0 amide bonds. The summed E-state index contributed by atoms with van der Waals surface area (Å²) in [7, 11) is -3.81. The van der Waals surface area contributed by atoms with E-state index in [1.807, 2.05) is 6.92 Å². The van der Waals surface area contributed by atoms with Crippen LogP contribution in [0.2, 0.25) is 0 Å². The second-order valence-corrected chi connectivity index (χ2v) is 7.16. The molecule has 1 rings (SSSR count). The third-order valence-electron chi connectivity index (χ3n) is 2.31. The van der Waals surface area contributed by atoms with E-state index in [-0.39, 0.29) is 10.1 Å². The predicted octanol–water partition coefficient (Wildman–Crippen LogP) is 1.09. The van der Waals surface area contributed by atoms with Gasteiger partial charge >= 0.3 is 5.97 Å². The van der Waals surface area contributed by atoms with Crippen molar-refractivity contribution in [3.8, 4) is 0 Å². The molecular formula is C10H16N2O4S2. The molecule has 0 aromatic carbocycles. The molecule has 1 aromatic rings. The van der Waals surface area contributed by atoms with Crippen molar-refractivity contribution >= 4 is 27.3 Å². The number of aryl methyl sites for hydroxylation is 1. The lowest BCUT2D eigenvalue weighted by Gasteiger charge is -2.16. The van der Waals surface area contributed by atoms with Crippen LogP contribution in [0.15, 0.2) is 10.4 Å². The van der Waals surface area contributed by atoms with Gasteiger partial charge in [-0.15, -0.1) is 11.3 Å². The van der Waals surface area contributed by atoms with Gasteiger partial charge in [0.15, 0.2) is 4.21 Å². The van der Waals surface area contributed by atoms with E-state index in [9.17, 15) is 13.2 Å². The van der Waals surface area contributed by atoms with Gasteiger partial charge in [-0.2, -0.15) is 4.72 Å². The number of aromatic nitrogens is 1. The molecule has 0 aliphatic heterocycles. The number of hydrogen-bond acceptors (Lipinski definition) is 5. The number of nitrogens with one attached hydrogen (secondary N) is 1. The molecule has 8 heteroatoms. The van der Waals surface area contributed by atoms with Crippen molar-refractivity contribution in [3.63, 3.8) is 0 Å². The fraction of sp³-hybridized carbons (Fsp3) is 0.600. The second-order valence-electron chi connectivity index (χ2n) is 4.11. The lowest BCUT2D eigenvalue weighted by molar-refractivity contribution is -0.140. The molecule has 1 atom stereocenters. The second kappa shape index (κ2) is 5.77. The Morgan fingerprint density at radius 2 is 2.17 bits per heavy atom. The Kier molecular flexibility index (Phi) is 4.83. The molecule has 0 aliphatic carbocycles. The first-order valence-electron chi connectivity index (χ1n) is 5.47. The largest absolute Gasteiger partial charge is 0.480 e. The van der Waals surface area contributed by atoms with Crippen molar-refractivity contribution in [2.24, 2.45) is 5.92 Å². The highest BCUT2D eigenvalue weighted by Gasteiger charge is 2.29. The molecule has 0 aliphatic rings. The maximum atomic E-state index is 12.0. The van der Waals surface area contributed by atoms with Crippen LogP contribution >= 0.6 is 11.3 Å². The lowest BCUT2D eigenvalue weighted by Crippen LogP contribution is -2.43. The number of hydrogen-bond donors (Lipinski definition) is 2. The van der Waals surface area contributed by atoms with E-state index in [0.29, 0.717) is 11.4 Å². The zero-order chi connectivity index (χ0) is 13.9. The Bertz CT molecular complexity index is 522. The molecule has 0 spiro atoms. The van der Waals surface area contributed by atoms with Gasteiger partial charge in [0, 0.05) is 0 Å². The highest BCUT2D eigenvalue weighted by Crippen LogP contribution is 2.20. The summed E-state index contributed by atoms with van der Waals surface area (Å²) in [6.07, 6.45) is 1.90. The highest BCUT2D eigenvalue weighted by atomic mass is 32.2. The average Bonchev–Trinajstić information content (AvgIpc) is 2.74. The molecule has 2 N–H and O–H groups in total. The van der Waals surface area contributed by atoms with E-state index in [0.717, 1.165) is 11.3 Å². The van der Waals surface area contributed by atoms with E-state index in [1.165, 1.54) is 6.20 Å². The number of aliphatic carboxylic acids is 1. The van der Waals surface area contributed by atoms with Crippen molar-refractivity contribution in [2.45, 2.75) is 37.4 Å². The first kappa shape index (κ1) is 15.1. The van der Waals surface area contributed by atoms with E-state index in [4.69, 9.17) is 5.11 Å². The Labute approximate surface area is 110 Å². The van der Waals surface area contributed by atoms with E-state index in [2.05, 4.69) is 9.71 Å². The van der Waals surface area contributed by atoms with Crippen LogP contribution in [0.3, 0.4) is 0 Å². The number of carboxylic acids is 1. The van der Waals surface area contributed by atoms with Crippen LogP contribution in [0.5, 0.6) is 0 Å². The molecule has 1 heterocycles. The summed E-state index contributed by atoms with van der Waals surface area (Å²) in [5, 5.41) is 9.67. The van der Waals surface area contributed by atoms with Crippen molar-refractivity contribution in [1.82, 2.24) is 9.71 Å². The standard InChI is InChI=1S/C10H16N2O4S2/c1-4-7-11-5-8(17-7)18(15,16)12-9(6(2)3)10(13)14/h5-6,9,12H,4H2,1-3H3,(H,13,14)/t9-/m0/s1. The predicted molar refractivity (Wildman–Crippen MR) is 68.1 cm³/mol. The minimum Gasteiger partial charge on any atom is -0.480 e. The molecule has 0 fully saturated rings. The number of carboxylic acid groups (broad SMARTS) is 1. The van der Waals surface area contributed by atoms with Crippen LogP contribution in [0.25, 0.3) is 0 Å². The van der Waals surface area contributed by atoms with Gasteiger partial charge in [0.05, 0.1) is 11.2 Å². The quantitative estimate of drug-likeness (QED) is 0.818. The van der Waals surface area contributed by atoms with Crippen LogP contribution in [-0.2, 0) is 21.2 Å². The molecule has 18 heavy (non-hydrogen) atoms. The first-order chi connectivity index (χ1) is 8.27. The van der Waals surface area contributed by atoms with Gasteiger partial charge in [-0.3, -0.25) is 4.79 Å². The van der Waals surface area contributed by atoms with Crippen LogP contribution in [-0.4, -0.2) is 30.5 Å². The topological polar surface area (TPSA) is 96.4 Å². The van der Waals surface area contributed by atoms with E-state index in [1.54, 1.807) is 13.8 Å². The maximum absolute atomic E-state index is 12.0. The van der Waals surface area contributed by atoms with Gasteiger partial charge in [0.1, 0.15) is 6.04 Å². The summed E-state index contributed by atoms with van der Waals surface area (Å²) in [5.41, 5.74) is 0. The van der Waals surface area contributed by atoms with Crippen LogP contribution in [0, 0.1) is 5.92 Å². The fourth-order valence-electron chi connectivity index (χ4n) is 1.28. The smallest absolute Gasteiger partial charge is 0.322 e. The van der Waals surface area contributed by atoms with Crippen LogP contribution < -0.4 is 4.72 Å². The summed E-state index contributed by atoms with van der Waals surface area (Å²) < 4.78 is 26.2. The molecule has 0 saturated carbocycles. The molecule has 0 unspecified atom stereocenters. The minimum absolute atomic E-state index is 0.0475. The SMILES string of the molecule is CCc1ncc(S(=O)(=O)N[C@H](C(=O)O)C(C)C)s1. The van der Waals surface area contributed by atoms with Crippen molar-refractivity contribution in [3.05, 3.63) is 11.2 Å². The van der Waals surface area contributed by atoms with Crippen molar-refractivity contribution < 1.29 is 18.3 Å². The first-order valence-corrected chi connectivity index (χ1v) is 7.77. The van der Waals surface area contributed by atoms with Gasteiger partial charge in [0.2, 0.25) is 0 Å². The molecule has 0 saturated heterocycles. The Hall–Kier alpha value is -0.990. The summed E-state index contributed by atoms with van der Waals surface area (Å²) in [6.45, 7) is 5.16. The van der Waals surface area contributed by atoms with E-state index < -0.39 is 22.0 Å².